The van der Waals surface area contributed by atoms with Crippen LogP contribution in [0.1, 0.15) is 31.9 Å². The van der Waals surface area contributed by atoms with Crippen molar-refractivity contribution in [1.29, 1.82) is 0 Å². The zero-order valence-corrected chi connectivity index (χ0v) is 9.58. The molecule has 0 saturated heterocycles. The first-order chi connectivity index (χ1) is 6.15. The van der Waals surface area contributed by atoms with Crippen molar-refractivity contribution < 1.29 is 0 Å². The van der Waals surface area contributed by atoms with Gasteiger partial charge in [0.2, 0.25) is 0 Å². The molecule has 0 aliphatic carbocycles. The highest BCUT2D eigenvalue weighted by molar-refractivity contribution is 9.10. The van der Waals surface area contributed by atoms with Crippen molar-refractivity contribution in [3.05, 3.63) is 28.5 Å². The minimum atomic E-state index is 0.0926. The number of pyridine rings is 1. The lowest BCUT2D eigenvalue weighted by Crippen LogP contribution is -2.18. The summed E-state index contributed by atoms with van der Waals surface area (Å²) in [6, 6.07) is 2.12. The van der Waals surface area contributed by atoms with E-state index in [2.05, 4.69) is 34.8 Å². The topological polar surface area (TPSA) is 38.9 Å². The van der Waals surface area contributed by atoms with Crippen LogP contribution < -0.4 is 5.73 Å². The maximum absolute atomic E-state index is 6.06. The second kappa shape index (κ2) is 4.72. The van der Waals surface area contributed by atoms with Crippen LogP contribution in [-0.2, 0) is 0 Å². The normalized spacial score (nSPS) is 15.4. The SMILES string of the molecule is CCC(C)C(N)c1cncc(Br)c1. The summed E-state index contributed by atoms with van der Waals surface area (Å²) in [7, 11) is 0. The fourth-order valence-corrected chi connectivity index (χ4v) is 1.58. The Bertz CT molecular complexity index is 275. The molecule has 0 spiro atoms. The van der Waals surface area contributed by atoms with Gasteiger partial charge in [-0.2, -0.15) is 0 Å². The third-order valence-electron chi connectivity index (χ3n) is 2.37. The Kier molecular flexibility index (Phi) is 3.88. The fraction of sp³-hybridized carbons (Fsp3) is 0.500. The van der Waals surface area contributed by atoms with Gasteiger partial charge in [0.1, 0.15) is 0 Å². The minimum Gasteiger partial charge on any atom is -0.324 e. The van der Waals surface area contributed by atoms with E-state index in [4.69, 9.17) is 5.73 Å². The molecule has 0 radical (unpaired) electrons. The van der Waals surface area contributed by atoms with E-state index in [0.717, 1.165) is 16.5 Å². The highest BCUT2D eigenvalue weighted by atomic mass is 79.9. The molecule has 2 unspecified atom stereocenters. The number of hydrogen-bond donors (Lipinski definition) is 1. The van der Waals surface area contributed by atoms with E-state index in [1.165, 1.54) is 0 Å². The van der Waals surface area contributed by atoms with Crippen LogP contribution in [0.25, 0.3) is 0 Å². The number of hydrogen-bond acceptors (Lipinski definition) is 2. The van der Waals surface area contributed by atoms with Crippen LogP contribution in [0.5, 0.6) is 0 Å². The molecule has 2 nitrogen and oxygen atoms in total. The van der Waals surface area contributed by atoms with Crippen LogP contribution in [0.4, 0.5) is 0 Å². The molecule has 13 heavy (non-hydrogen) atoms. The van der Waals surface area contributed by atoms with E-state index < -0.39 is 0 Å². The van der Waals surface area contributed by atoms with Gasteiger partial charge in [0.15, 0.2) is 0 Å². The Hall–Kier alpha value is -0.410. The minimum absolute atomic E-state index is 0.0926. The molecule has 72 valence electrons. The molecule has 0 amide bonds. The predicted molar refractivity (Wildman–Crippen MR) is 58.3 cm³/mol. The first kappa shape index (κ1) is 10.7. The van der Waals surface area contributed by atoms with Gasteiger partial charge in [-0.15, -0.1) is 0 Å². The Balaban J connectivity index is 2.82. The van der Waals surface area contributed by atoms with E-state index in [0.29, 0.717) is 5.92 Å². The van der Waals surface area contributed by atoms with E-state index in [1.807, 2.05) is 12.3 Å². The molecular formula is C10H15BrN2. The van der Waals surface area contributed by atoms with Gasteiger partial charge in [0, 0.05) is 22.9 Å². The number of halogens is 1. The lowest BCUT2D eigenvalue weighted by Gasteiger charge is -2.18. The van der Waals surface area contributed by atoms with Crippen molar-refractivity contribution in [3.63, 3.8) is 0 Å². The average molecular weight is 243 g/mol. The largest absolute Gasteiger partial charge is 0.324 e. The highest BCUT2D eigenvalue weighted by Crippen LogP contribution is 2.22. The third-order valence-corrected chi connectivity index (χ3v) is 2.80. The van der Waals surface area contributed by atoms with Crippen molar-refractivity contribution in [2.75, 3.05) is 0 Å². The Morgan fingerprint density at radius 1 is 1.54 bits per heavy atom. The summed E-state index contributed by atoms with van der Waals surface area (Å²) < 4.78 is 0.990. The molecule has 0 saturated carbocycles. The summed E-state index contributed by atoms with van der Waals surface area (Å²) >= 11 is 3.38. The molecule has 0 aliphatic heterocycles. The van der Waals surface area contributed by atoms with E-state index in [9.17, 15) is 0 Å². The zero-order valence-electron chi connectivity index (χ0n) is 8.00. The third kappa shape index (κ3) is 2.78. The zero-order chi connectivity index (χ0) is 9.84. The smallest absolute Gasteiger partial charge is 0.0410 e. The molecule has 2 atom stereocenters. The molecule has 3 heteroatoms. The van der Waals surface area contributed by atoms with Gasteiger partial charge in [-0.1, -0.05) is 20.3 Å². The van der Waals surface area contributed by atoms with Crippen LogP contribution in [-0.4, -0.2) is 4.98 Å². The monoisotopic (exact) mass is 242 g/mol. The summed E-state index contributed by atoms with van der Waals surface area (Å²) in [5.41, 5.74) is 7.16. The Morgan fingerprint density at radius 3 is 2.77 bits per heavy atom. The molecular weight excluding hydrogens is 228 g/mol. The predicted octanol–water partition coefficient (Wildman–Crippen LogP) is 2.89. The van der Waals surface area contributed by atoms with Gasteiger partial charge in [-0.05, 0) is 33.5 Å². The van der Waals surface area contributed by atoms with Gasteiger partial charge in [0.25, 0.3) is 0 Å². The van der Waals surface area contributed by atoms with Crippen LogP contribution in [0.15, 0.2) is 22.9 Å². The summed E-state index contributed by atoms with van der Waals surface area (Å²) in [5.74, 6) is 0.496. The molecule has 0 fully saturated rings. The Morgan fingerprint density at radius 2 is 2.23 bits per heavy atom. The average Bonchev–Trinajstić information content (AvgIpc) is 2.15. The van der Waals surface area contributed by atoms with Gasteiger partial charge in [-0.25, -0.2) is 0 Å². The number of nitrogens with zero attached hydrogens (tertiary/aromatic N) is 1. The number of aromatic nitrogens is 1. The van der Waals surface area contributed by atoms with Crippen LogP contribution in [0.3, 0.4) is 0 Å². The summed E-state index contributed by atoms with van der Waals surface area (Å²) in [6.07, 6.45) is 4.70. The van der Waals surface area contributed by atoms with Crippen LogP contribution >= 0.6 is 15.9 Å². The van der Waals surface area contributed by atoms with Crippen LogP contribution in [0, 0.1) is 5.92 Å². The Labute approximate surface area is 87.7 Å². The van der Waals surface area contributed by atoms with Gasteiger partial charge in [-0.3, -0.25) is 4.98 Å². The maximum atomic E-state index is 6.06. The first-order valence-corrected chi connectivity index (χ1v) is 5.30. The molecule has 0 bridgehead atoms. The van der Waals surface area contributed by atoms with Gasteiger partial charge in [0.05, 0.1) is 0 Å². The number of rotatable bonds is 3. The van der Waals surface area contributed by atoms with E-state index in [-0.39, 0.29) is 6.04 Å². The molecule has 1 rings (SSSR count). The second-order valence-electron chi connectivity index (χ2n) is 3.35. The van der Waals surface area contributed by atoms with Crippen molar-refractivity contribution in [2.45, 2.75) is 26.3 Å². The molecule has 1 aromatic heterocycles. The van der Waals surface area contributed by atoms with E-state index >= 15 is 0 Å². The van der Waals surface area contributed by atoms with Crippen LogP contribution in [0.2, 0.25) is 0 Å². The molecule has 1 aromatic rings. The highest BCUT2D eigenvalue weighted by Gasteiger charge is 2.13. The lowest BCUT2D eigenvalue weighted by molar-refractivity contribution is 0.456. The first-order valence-electron chi connectivity index (χ1n) is 4.51. The molecule has 2 N–H and O–H groups in total. The number of nitrogens with two attached hydrogens (primary N) is 1. The van der Waals surface area contributed by atoms with Gasteiger partial charge >= 0.3 is 0 Å². The lowest BCUT2D eigenvalue weighted by atomic mass is 9.95. The van der Waals surface area contributed by atoms with Crippen molar-refractivity contribution in [1.82, 2.24) is 4.98 Å². The maximum Gasteiger partial charge on any atom is 0.0410 e. The van der Waals surface area contributed by atoms with Crippen molar-refractivity contribution >= 4 is 15.9 Å². The second-order valence-corrected chi connectivity index (χ2v) is 4.26. The molecule has 0 aromatic carbocycles. The van der Waals surface area contributed by atoms with Gasteiger partial charge < -0.3 is 5.73 Å². The fourth-order valence-electron chi connectivity index (χ4n) is 1.19. The molecule has 0 aliphatic rings. The van der Waals surface area contributed by atoms with Crippen molar-refractivity contribution in [2.24, 2.45) is 11.7 Å². The van der Waals surface area contributed by atoms with E-state index in [1.54, 1.807) is 6.20 Å². The molecule has 1 heterocycles. The standard InChI is InChI=1S/C10H15BrN2/c1-3-7(2)10(12)8-4-9(11)6-13-5-8/h4-7,10H,3,12H2,1-2H3. The summed E-state index contributed by atoms with van der Waals surface area (Å²) in [6.45, 7) is 4.31. The quantitative estimate of drug-likeness (QED) is 0.886. The van der Waals surface area contributed by atoms with Crippen molar-refractivity contribution in [3.8, 4) is 0 Å². The summed E-state index contributed by atoms with van der Waals surface area (Å²) in [5, 5.41) is 0. The summed E-state index contributed by atoms with van der Waals surface area (Å²) in [4.78, 5) is 4.10.